The normalized spacial score (nSPS) is 20.5. The molecule has 2 rings (SSSR count). The van der Waals surface area contributed by atoms with Gasteiger partial charge in [0.05, 0.1) is 10.2 Å². The Balaban J connectivity index is 2.36. The molecule has 0 aliphatic carbocycles. The topological polar surface area (TPSA) is 80.5 Å². The minimum absolute atomic E-state index is 0.0558. The molecule has 1 amide bonds. The van der Waals surface area contributed by atoms with E-state index < -0.39 is 21.1 Å². The van der Waals surface area contributed by atoms with Crippen molar-refractivity contribution in [3.63, 3.8) is 0 Å². The van der Waals surface area contributed by atoms with Gasteiger partial charge < -0.3 is 4.90 Å². The summed E-state index contributed by atoms with van der Waals surface area (Å²) in [6.07, 6.45) is -0.179. The molecule has 18 heavy (non-hydrogen) atoms. The van der Waals surface area contributed by atoms with Crippen LogP contribution in [0.3, 0.4) is 0 Å². The molecule has 8 heteroatoms. The molecule has 0 spiro atoms. The molecule has 1 aromatic rings. The Labute approximate surface area is 112 Å². The standard InChI is InChI=1S/C10H10BrFN2O3S/c11-10-7(12)2-1-3-8(10)14-5-6(4-9(14)15)18(13,16)17/h1-3,6H,4-5H2,(H2,13,16,17). The van der Waals surface area contributed by atoms with Crippen molar-refractivity contribution in [2.45, 2.75) is 11.7 Å². The molecule has 1 heterocycles. The van der Waals surface area contributed by atoms with Crippen molar-refractivity contribution in [3.05, 3.63) is 28.5 Å². The van der Waals surface area contributed by atoms with Gasteiger partial charge in [-0.3, -0.25) is 4.79 Å². The number of nitrogens with two attached hydrogens (primary N) is 1. The van der Waals surface area contributed by atoms with Crippen molar-refractivity contribution in [2.75, 3.05) is 11.4 Å². The number of primary sulfonamides is 1. The lowest BCUT2D eigenvalue weighted by molar-refractivity contribution is -0.117. The molecule has 0 radical (unpaired) electrons. The van der Waals surface area contributed by atoms with Crippen molar-refractivity contribution in [3.8, 4) is 0 Å². The van der Waals surface area contributed by atoms with Crippen LogP contribution in [0.25, 0.3) is 0 Å². The second-order valence-electron chi connectivity index (χ2n) is 3.99. The van der Waals surface area contributed by atoms with Gasteiger partial charge in [0.25, 0.3) is 0 Å². The molecule has 98 valence electrons. The Bertz CT molecular complexity index is 605. The minimum Gasteiger partial charge on any atom is -0.310 e. The number of carbonyl (C=O) groups is 1. The summed E-state index contributed by atoms with van der Waals surface area (Å²) >= 11 is 3.04. The number of nitrogens with zero attached hydrogens (tertiary/aromatic N) is 1. The van der Waals surface area contributed by atoms with Crippen LogP contribution < -0.4 is 10.0 Å². The maximum Gasteiger partial charge on any atom is 0.228 e. The van der Waals surface area contributed by atoms with E-state index in [1.54, 1.807) is 0 Å². The molecular formula is C10H10BrFN2O3S. The second kappa shape index (κ2) is 4.60. The molecule has 0 bridgehead atoms. The Hall–Kier alpha value is -0.990. The largest absolute Gasteiger partial charge is 0.310 e. The molecule has 1 fully saturated rings. The predicted molar refractivity (Wildman–Crippen MR) is 68.0 cm³/mol. The van der Waals surface area contributed by atoms with Gasteiger partial charge in [0, 0.05) is 13.0 Å². The summed E-state index contributed by atoms with van der Waals surface area (Å²) in [4.78, 5) is 13.0. The third-order valence-corrected chi connectivity index (χ3v) is 4.81. The molecule has 1 aliphatic heterocycles. The average Bonchev–Trinajstić information content (AvgIpc) is 2.64. The van der Waals surface area contributed by atoms with E-state index in [0.29, 0.717) is 5.69 Å². The summed E-state index contributed by atoms with van der Waals surface area (Å²) in [5.74, 6) is -0.903. The highest BCUT2D eigenvalue weighted by Crippen LogP contribution is 2.32. The van der Waals surface area contributed by atoms with Crippen LogP contribution in [-0.4, -0.2) is 26.1 Å². The Morgan fingerprint density at radius 1 is 1.44 bits per heavy atom. The van der Waals surface area contributed by atoms with Gasteiger partial charge in [-0.25, -0.2) is 17.9 Å². The zero-order valence-corrected chi connectivity index (χ0v) is 11.5. The van der Waals surface area contributed by atoms with Crippen molar-refractivity contribution in [1.82, 2.24) is 0 Å². The molecule has 1 aliphatic rings. The fraction of sp³-hybridized carbons (Fsp3) is 0.300. The number of halogens is 2. The molecule has 1 unspecified atom stereocenters. The van der Waals surface area contributed by atoms with Crippen molar-refractivity contribution < 1.29 is 17.6 Å². The van der Waals surface area contributed by atoms with Crippen LogP contribution in [0.5, 0.6) is 0 Å². The van der Waals surface area contributed by atoms with Gasteiger partial charge in [0.2, 0.25) is 15.9 Å². The van der Waals surface area contributed by atoms with E-state index in [1.165, 1.54) is 23.1 Å². The lowest BCUT2D eigenvalue weighted by atomic mass is 10.3. The molecular weight excluding hydrogens is 327 g/mol. The Morgan fingerprint density at radius 3 is 2.67 bits per heavy atom. The quantitative estimate of drug-likeness (QED) is 0.874. The zero-order valence-electron chi connectivity index (χ0n) is 9.14. The SMILES string of the molecule is NS(=O)(=O)C1CC(=O)N(c2cccc(F)c2Br)C1. The number of carbonyl (C=O) groups excluding carboxylic acids is 1. The molecule has 1 atom stereocenters. The third kappa shape index (κ3) is 2.40. The van der Waals surface area contributed by atoms with Gasteiger partial charge >= 0.3 is 0 Å². The summed E-state index contributed by atoms with van der Waals surface area (Å²) in [5, 5.41) is 4.07. The number of amides is 1. The number of hydrogen-bond donors (Lipinski definition) is 1. The minimum atomic E-state index is -3.77. The second-order valence-corrected chi connectivity index (χ2v) is 6.63. The summed E-state index contributed by atoms with van der Waals surface area (Å²) in [5.41, 5.74) is 0.311. The van der Waals surface area contributed by atoms with Gasteiger partial charge in [-0.05, 0) is 28.1 Å². The van der Waals surface area contributed by atoms with Gasteiger partial charge in [-0.2, -0.15) is 0 Å². The molecule has 0 aromatic heterocycles. The molecule has 5 nitrogen and oxygen atoms in total. The predicted octanol–water partition coefficient (Wildman–Crippen LogP) is 0.982. The lowest BCUT2D eigenvalue weighted by Crippen LogP contribution is -2.32. The molecule has 0 saturated carbocycles. The average molecular weight is 337 g/mol. The summed E-state index contributed by atoms with van der Waals surface area (Å²) < 4.78 is 35.9. The van der Waals surface area contributed by atoms with Gasteiger partial charge in [0.15, 0.2) is 0 Å². The van der Waals surface area contributed by atoms with Gasteiger partial charge in [-0.15, -0.1) is 0 Å². The summed E-state index contributed by atoms with van der Waals surface area (Å²) in [7, 11) is -3.77. The highest BCUT2D eigenvalue weighted by molar-refractivity contribution is 9.10. The van der Waals surface area contributed by atoms with E-state index in [-0.39, 0.29) is 23.3 Å². The number of rotatable bonds is 2. The summed E-state index contributed by atoms with van der Waals surface area (Å²) in [6, 6.07) is 4.23. The molecule has 1 saturated heterocycles. The van der Waals surface area contributed by atoms with Crippen LogP contribution in [-0.2, 0) is 14.8 Å². The van der Waals surface area contributed by atoms with Crippen LogP contribution in [0.15, 0.2) is 22.7 Å². The monoisotopic (exact) mass is 336 g/mol. The fourth-order valence-electron chi connectivity index (χ4n) is 1.83. The van der Waals surface area contributed by atoms with Crippen molar-refractivity contribution >= 4 is 37.5 Å². The van der Waals surface area contributed by atoms with Gasteiger partial charge in [0.1, 0.15) is 11.1 Å². The molecule has 1 aromatic carbocycles. The highest BCUT2D eigenvalue weighted by atomic mass is 79.9. The lowest BCUT2D eigenvalue weighted by Gasteiger charge is -2.18. The third-order valence-electron chi connectivity index (χ3n) is 2.78. The van der Waals surface area contributed by atoms with E-state index in [4.69, 9.17) is 5.14 Å². The number of benzene rings is 1. The summed E-state index contributed by atoms with van der Waals surface area (Å²) in [6.45, 7) is -0.0558. The van der Waals surface area contributed by atoms with Crippen LogP contribution in [0, 0.1) is 5.82 Å². The fourth-order valence-corrected chi connectivity index (χ4v) is 3.04. The van der Waals surface area contributed by atoms with Crippen molar-refractivity contribution in [1.29, 1.82) is 0 Å². The first-order valence-electron chi connectivity index (χ1n) is 5.06. The van der Waals surface area contributed by atoms with E-state index in [1.807, 2.05) is 0 Å². The van der Waals surface area contributed by atoms with E-state index in [2.05, 4.69) is 15.9 Å². The van der Waals surface area contributed by atoms with E-state index in [0.717, 1.165) is 0 Å². The number of hydrogen-bond acceptors (Lipinski definition) is 3. The van der Waals surface area contributed by atoms with E-state index >= 15 is 0 Å². The smallest absolute Gasteiger partial charge is 0.228 e. The number of anilines is 1. The first-order chi connectivity index (χ1) is 8.30. The van der Waals surface area contributed by atoms with Gasteiger partial charge in [-0.1, -0.05) is 6.07 Å². The zero-order chi connectivity index (χ0) is 13.5. The van der Waals surface area contributed by atoms with E-state index in [9.17, 15) is 17.6 Å². The van der Waals surface area contributed by atoms with Crippen molar-refractivity contribution in [2.24, 2.45) is 5.14 Å². The van der Waals surface area contributed by atoms with Crippen LogP contribution in [0.1, 0.15) is 6.42 Å². The van der Waals surface area contributed by atoms with Crippen LogP contribution in [0.4, 0.5) is 10.1 Å². The first-order valence-corrected chi connectivity index (χ1v) is 7.47. The molecule has 2 N–H and O–H groups in total. The first kappa shape index (κ1) is 13.4. The number of sulfonamides is 1. The Kier molecular flexibility index (Phi) is 3.43. The highest BCUT2D eigenvalue weighted by Gasteiger charge is 2.37. The maximum atomic E-state index is 13.4. The Morgan fingerprint density at radius 2 is 2.11 bits per heavy atom. The van der Waals surface area contributed by atoms with Crippen LogP contribution >= 0.6 is 15.9 Å². The maximum absolute atomic E-state index is 13.4. The van der Waals surface area contributed by atoms with Crippen LogP contribution in [0.2, 0.25) is 0 Å².